The first-order valence-corrected chi connectivity index (χ1v) is 8.76. The maximum Gasteiger partial charge on any atom is 0.241 e. The van der Waals surface area contributed by atoms with Crippen molar-refractivity contribution in [1.82, 2.24) is 14.7 Å². The van der Waals surface area contributed by atoms with E-state index < -0.39 is 0 Å². The Bertz CT molecular complexity index is 753. The van der Waals surface area contributed by atoms with Crippen LogP contribution >= 0.6 is 0 Å². The molecule has 5 nitrogen and oxygen atoms in total. The Morgan fingerprint density at radius 1 is 1.33 bits per heavy atom. The number of carbonyl (C=O) groups excluding carboxylic acids is 1. The summed E-state index contributed by atoms with van der Waals surface area (Å²) < 4.78 is 1.84. The van der Waals surface area contributed by atoms with Gasteiger partial charge in [-0.15, -0.1) is 0 Å². The van der Waals surface area contributed by atoms with Crippen LogP contribution in [0, 0.1) is 0 Å². The average molecular weight is 324 g/mol. The Morgan fingerprint density at radius 3 is 2.96 bits per heavy atom. The van der Waals surface area contributed by atoms with Gasteiger partial charge in [0.2, 0.25) is 5.91 Å². The molecule has 1 aromatic carbocycles. The van der Waals surface area contributed by atoms with Gasteiger partial charge in [0.15, 0.2) is 0 Å². The predicted octanol–water partition coefficient (Wildman–Crippen LogP) is 2.53. The van der Waals surface area contributed by atoms with Crippen molar-refractivity contribution < 1.29 is 4.79 Å². The summed E-state index contributed by atoms with van der Waals surface area (Å²) >= 11 is 0. The van der Waals surface area contributed by atoms with Crippen LogP contribution in [0.15, 0.2) is 36.7 Å². The molecular weight excluding hydrogens is 300 g/mol. The normalized spacial score (nSPS) is 23.7. The van der Waals surface area contributed by atoms with Gasteiger partial charge in [0, 0.05) is 36.6 Å². The number of hydrogen-bond acceptors (Lipinski definition) is 3. The van der Waals surface area contributed by atoms with Gasteiger partial charge < -0.3 is 4.90 Å². The molecule has 0 radical (unpaired) electrons. The van der Waals surface area contributed by atoms with Gasteiger partial charge in [-0.3, -0.25) is 14.4 Å². The van der Waals surface area contributed by atoms with E-state index in [-0.39, 0.29) is 11.9 Å². The number of benzene rings is 1. The summed E-state index contributed by atoms with van der Waals surface area (Å²) in [6.45, 7) is 3.61. The maximum absolute atomic E-state index is 13.0. The number of amides is 1. The van der Waals surface area contributed by atoms with Gasteiger partial charge in [-0.1, -0.05) is 18.2 Å². The second-order valence-electron chi connectivity index (χ2n) is 7.02. The molecule has 0 unspecified atom stereocenters. The monoisotopic (exact) mass is 324 g/mol. The highest BCUT2D eigenvalue weighted by atomic mass is 16.2. The molecule has 0 aliphatic carbocycles. The first-order valence-electron chi connectivity index (χ1n) is 8.76. The van der Waals surface area contributed by atoms with E-state index >= 15 is 0 Å². The molecule has 1 amide bonds. The van der Waals surface area contributed by atoms with Crippen molar-refractivity contribution in [3.8, 4) is 0 Å². The zero-order chi connectivity index (χ0) is 16.7. The number of para-hydroxylation sites is 1. The van der Waals surface area contributed by atoms with Crippen molar-refractivity contribution in [2.75, 3.05) is 18.0 Å². The summed E-state index contributed by atoms with van der Waals surface area (Å²) in [5, 5.41) is 4.29. The number of rotatable bonds is 3. The second-order valence-corrected chi connectivity index (χ2v) is 7.02. The molecule has 126 valence electrons. The third kappa shape index (κ3) is 2.63. The van der Waals surface area contributed by atoms with E-state index in [1.807, 2.05) is 28.9 Å². The Balaban J connectivity index is 1.52. The Hall–Kier alpha value is -2.14. The third-order valence-electron chi connectivity index (χ3n) is 5.29. The summed E-state index contributed by atoms with van der Waals surface area (Å²) in [4.78, 5) is 17.3. The first kappa shape index (κ1) is 15.4. The van der Waals surface area contributed by atoms with Gasteiger partial charge in [-0.2, -0.15) is 5.10 Å². The molecule has 0 saturated carbocycles. The minimum absolute atomic E-state index is 0.211. The fourth-order valence-corrected chi connectivity index (χ4v) is 4.20. The standard InChI is InChI=1S/C19H24N4O/c1-14-10-15-6-3-4-7-18(15)23(14)19(24)13-22-9-5-8-17(22)16-11-20-21(2)12-16/h3-4,6-7,11-12,14,17H,5,8-10,13H2,1-2H3/t14-,17+/m1/s1. The van der Waals surface area contributed by atoms with Crippen LogP contribution in [0.5, 0.6) is 0 Å². The first-order chi connectivity index (χ1) is 11.6. The van der Waals surface area contributed by atoms with Crippen LogP contribution in [-0.2, 0) is 18.3 Å². The molecule has 1 fully saturated rings. The molecule has 3 heterocycles. The lowest BCUT2D eigenvalue weighted by Crippen LogP contribution is -2.43. The van der Waals surface area contributed by atoms with Crippen LogP contribution in [0.1, 0.15) is 36.9 Å². The van der Waals surface area contributed by atoms with Crippen molar-refractivity contribution in [2.24, 2.45) is 7.05 Å². The van der Waals surface area contributed by atoms with Crippen LogP contribution in [0.3, 0.4) is 0 Å². The minimum atomic E-state index is 0.211. The molecule has 0 bridgehead atoms. The highest BCUT2D eigenvalue weighted by molar-refractivity contribution is 5.97. The number of carbonyl (C=O) groups is 1. The number of hydrogen-bond donors (Lipinski definition) is 0. The molecule has 1 saturated heterocycles. The fourth-order valence-electron chi connectivity index (χ4n) is 4.20. The van der Waals surface area contributed by atoms with Gasteiger partial charge in [0.1, 0.15) is 0 Å². The lowest BCUT2D eigenvalue weighted by molar-refractivity contribution is -0.120. The summed E-state index contributed by atoms with van der Waals surface area (Å²) in [6.07, 6.45) is 7.19. The van der Waals surface area contributed by atoms with E-state index in [0.29, 0.717) is 12.6 Å². The molecular formula is C19H24N4O. The van der Waals surface area contributed by atoms with Gasteiger partial charge >= 0.3 is 0 Å². The Morgan fingerprint density at radius 2 is 2.17 bits per heavy atom. The molecule has 2 aromatic rings. The summed E-state index contributed by atoms with van der Waals surface area (Å²) in [7, 11) is 1.94. The van der Waals surface area contributed by atoms with Gasteiger partial charge in [-0.05, 0) is 44.4 Å². The topological polar surface area (TPSA) is 41.4 Å². The molecule has 0 spiro atoms. The van der Waals surface area contributed by atoms with E-state index in [1.165, 1.54) is 11.1 Å². The quantitative estimate of drug-likeness (QED) is 0.871. The number of nitrogens with zero attached hydrogens (tertiary/aromatic N) is 4. The molecule has 4 rings (SSSR count). The number of aryl methyl sites for hydroxylation is 1. The molecule has 0 N–H and O–H groups in total. The molecule has 2 aliphatic rings. The minimum Gasteiger partial charge on any atom is -0.308 e. The zero-order valence-electron chi connectivity index (χ0n) is 14.4. The summed E-state index contributed by atoms with van der Waals surface area (Å²) in [5.41, 5.74) is 3.59. The van der Waals surface area contributed by atoms with Crippen LogP contribution in [-0.4, -0.2) is 39.7 Å². The van der Waals surface area contributed by atoms with E-state index in [4.69, 9.17) is 0 Å². The molecule has 2 atom stereocenters. The number of aromatic nitrogens is 2. The van der Waals surface area contributed by atoms with Crippen molar-refractivity contribution in [2.45, 2.75) is 38.3 Å². The zero-order valence-corrected chi connectivity index (χ0v) is 14.4. The highest BCUT2D eigenvalue weighted by Gasteiger charge is 2.34. The van der Waals surface area contributed by atoms with E-state index in [2.05, 4.69) is 41.3 Å². The Labute approximate surface area is 142 Å². The molecule has 1 aromatic heterocycles. The smallest absolute Gasteiger partial charge is 0.241 e. The lowest BCUT2D eigenvalue weighted by atomic mass is 10.1. The molecule has 5 heteroatoms. The summed E-state index contributed by atoms with van der Waals surface area (Å²) in [6, 6.07) is 8.83. The molecule has 24 heavy (non-hydrogen) atoms. The van der Waals surface area contributed by atoms with E-state index in [0.717, 1.165) is 31.5 Å². The lowest BCUT2D eigenvalue weighted by Gasteiger charge is -2.28. The Kier molecular flexibility index (Phi) is 3.88. The molecule has 2 aliphatic heterocycles. The largest absolute Gasteiger partial charge is 0.308 e. The van der Waals surface area contributed by atoms with Crippen LogP contribution in [0.25, 0.3) is 0 Å². The highest BCUT2D eigenvalue weighted by Crippen LogP contribution is 2.34. The van der Waals surface area contributed by atoms with Gasteiger partial charge in [0.05, 0.1) is 12.7 Å². The van der Waals surface area contributed by atoms with Crippen molar-refractivity contribution in [3.63, 3.8) is 0 Å². The fraction of sp³-hybridized carbons (Fsp3) is 0.474. The van der Waals surface area contributed by atoms with Crippen molar-refractivity contribution in [3.05, 3.63) is 47.8 Å². The van der Waals surface area contributed by atoms with E-state index in [9.17, 15) is 4.79 Å². The predicted molar refractivity (Wildman–Crippen MR) is 93.9 cm³/mol. The van der Waals surface area contributed by atoms with Crippen LogP contribution < -0.4 is 4.90 Å². The maximum atomic E-state index is 13.0. The van der Waals surface area contributed by atoms with Gasteiger partial charge in [0.25, 0.3) is 0 Å². The van der Waals surface area contributed by atoms with Crippen molar-refractivity contribution in [1.29, 1.82) is 0 Å². The number of anilines is 1. The second kappa shape index (κ2) is 6.06. The number of fused-ring (bicyclic) bond motifs is 1. The van der Waals surface area contributed by atoms with Crippen LogP contribution in [0.2, 0.25) is 0 Å². The average Bonchev–Trinajstić information content (AvgIpc) is 3.24. The number of likely N-dealkylation sites (tertiary alicyclic amines) is 1. The van der Waals surface area contributed by atoms with Crippen LogP contribution in [0.4, 0.5) is 5.69 Å². The van der Waals surface area contributed by atoms with Gasteiger partial charge in [-0.25, -0.2) is 0 Å². The SMILES string of the molecule is C[C@@H]1Cc2ccccc2N1C(=O)CN1CCC[C@H]1c1cnn(C)c1. The third-order valence-corrected chi connectivity index (χ3v) is 5.29. The van der Waals surface area contributed by atoms with Crippen molar-refractivity contribution >= 4 is 11.6 Å². The summed E-state index contributed by atoms with van der Waals surface area (Å²) in [5.74, 6) is 0.211. The van der Waals surface area contributed by atoms with E-state index in [1.54, 1.807) is 0 Å².